The third kappa shape index (κ3) is 4.26. The van der Waals surface area contributed by atoms with Gasteiger partial charge in [-0.05, 0) is 58.5 Å². The Balaban J connectivity index is 2.08. The summed E-state index contributed by atoms with van der Waals surface area (Å²) in [7, 11) is 1.34. The van der Waals surface area contributed by atoms with E-state index in [4.69, 9.17) is 0 Å². The Bertz CT molecular complexity index is 670. The van der Waals surface area contributed by atoms with E-state index < -0.39 is 0 Å². The summed E-state index contributed by atoms with van der Waals surface area (Å²) in [6, 6.07) is 14.3. The van der Waals surface area contributed by atoms with Crippen LogP contribution in [-0.4, -0.2) is 18.9 Å². The number of ketones is 1. The SMILES string of the molecule is COC(=O)c1ccc(/C=C/C(=O)c2ccc(I)cc2)cc1. The quantitative estimate of drug-likeness (QED) is 0.342. The third-order valence-electron chi connectivity index (χ3n) is 2.89. The fourth-order valence-electron chi connectivity index (χ4n) is 1.73. The Morgan fingerprint density at radius 2 is 1.52 bits per heavy atom. The first kappa shape index (κ1) is 15.4. The lowest BCUT2D eigenvalue weighted by Crippen LogP contribution is -2.00. The number of carbonyl (C=O) groups is 2. The van der Waals surface area contributed by atoms with E-state index in [1.54, 1.807) is 42.5 Å². The Kier molecular flexibility index (Phi) is 5.27. The van der Waals surface area contributed by atoms with Gasteiger partial charge in [0.2, 0.25) is 0 Å². The van der Waals surface area contributed by atoms with Crippen molar-refractivity contribution >= 4 is 40.4 Å². The molecule has 3 nitrogen and oxygen atoms in total. The Hall–Kier alpha value is -1.95. The monoisotopic (exact) mass is 392 g/mol. The molecule has 2 rings (SSSR count). The molecule has 0 aliphatic heterocycles. The number of esters is 1. The molecule has 4 heteroatoms. The number of allylic oxidation sites excluding steroid dienone is 1. The van der Waals surface area contributed by atoms with Crippen molar-refractivity contribution < 1.29 is 14.3 Å². The zero-order valence-corrected chi connectivity index (χ0v) is 13.5. The fourth-order valence-corrected chi connectivity index (χ4v) is 2.09. The molecule has 0 amide bonds. The molecule has 2 aromatic rings. The van der Waals surface area contributed by atoms with Gasteiger partial charge in [-0.1, -0.05) is 30.3 Å². The normalized spacial score (nSPS) is 10.6. The lowest BCUT2D eigenvalue weighted by molar-refractivity contribution is 0.0600. The Morgan fingerprint density at radius 1 is 0.952 bits per heavy atom. The summed E-state index contributed by atoms with van der Waals surface area (Å²) < 4.78 is 5.72. The Labute approximate surface area is 136 Å². The summed E-state index contributed by atoms with van der Waals surface area (Å²) >= 11 is 2.19. The molecule has 0 spiro atoms. The minimum atomic E-state index is -0.375. The van der Waals surface area contributed by atoms with Crippen LogP contribution in [0.15, 0.2) is 54.6 Å². The van der Waals surface area contributed by atoms with Crippen LogP contribution in [0.2, 0.25) is 0 Å². The van der Waals surface area contributed by atoms with Crippen molar-refractivity contribution in [1.29, 1.82) is 0 Å². The van der Waals surface area contributed by atoms with Gasteiger partial charge in [0.05, 0.1) is 12.7 Å². The highest BCUT2D eigenvalue weighted by atomic mass is 127. The van der Waals surface area contributed by atoms with Crippen LogP contribution in [0.25, 0.3) is 6.08 Å². The smallest absolute Gasteiger partial charge is 0.337 e. The maximum atomic E-state index is 12.0. The van der Waals surface area contributed by atoms with Crippen LogP contribution in [0.3, 0.4) is 0 Å². The van der Waals surface area contributed by atoms with Gasteiger partial charge in [0, 0.05) is 9.13 Å². The average Bonchev–Trinajstić information content (AvgIpc) is 2.53. The molecule has 21 heavy (non-hydrogen) atoms. The van der Waals surface area contributed by atoms with Crippen LogP contribution in [0.1, 0.15) is 26.3 Å². The van der Waals surface area contributed by atoms with Gasteiger partial charge in [0.15, 0.2) is 5.78 Å². The van der Waals surface area contributed by atoms with Crippen molar-refractivity contribution in [2.24, 2.45) is 0 Å². The van der Waals surface area contributed by atoms with E-state index in [0.29, 0.717) is 11.1 Å². The van der Waals surface area contributed by atoms with E-state index >= 15 is 0 Å². The molecule has 106 valence electrons. The van der Waals surface area contributed by atoms with E-state index in [-0.39, 0.29) is 11.8 Å². The molecule has 0 unspecified atom stereocenters. The molecule has 0 fully saturated rings. The zero-order valence-electron chi connectivity index (χ0n) is 11.4. The van der Waals surface area contributed by atoms with Crippen LogP contribution in [0.5, 0.6) is 0 Å². The lowest BCUT2D eigenvalue weighted by atomic mass is 10.1. The van der Waals surface area contributed by atoms with E-state index in [2.05, 4.69) is 27.3 Å². The second kappa shape index (κ2) is 7.17. The number of halogens is 1. The summed E-state index contributed by atoms with van der Waals surface area (Å²) in [5.74, 6) is -0.427. The van der Waals surface area contributed by atoms with Crippen molar-refractivity contribution in [3.63, 3.8) is 0 Å². The van der Waals surface area contributed by atoms with E-state index in [1.807, 2.05) is 12.1 Å². The molecular formula is C17H13IO3. The predicted octanol–water partition coefficient (Wildman–Crippen LogP) is 3.97. The van der Waals surface area contributed by atoms with Crippen molar-refractivity contribution in [2.45, 2.75) is 0 Å². The van der Waals surface area contributed by atoms with Gasteiger partial charge in [-0.15, -0.1) is 0 Å². The second-order valence-electron chi connectivity index (χ2n) is 4.32. The zero-order chi connectivity index (χ0) is 15.2. The van der Waals surface area contributed by atoms with Crippen molar-refractivity contribution in [1.82, 2.24) is 0 Å². The molecule has 0 saturated carbocycles. The first-order chi connectivity index (χ1) is 10.1. The number of hydrogen-bond acceptors (Lipinski definition) is 3. The minimum absolute atomic E-state index is 0.0524. The topological polar surface area (TPSA) is 43.4 Å². The van der Waals surface area contributed by atoms with E-state index in [1.165, 1.54) is 13.2 Å². The summed E-state index contributed by atoms with van der Waals surface area (Å²) in [4.78, 5) is 23.3. The highest BCUT2D eigenvalue weighted by Gasteiger charge is 2.04. The summed E-state index contributed by atoms with van der Waals surface area (Å²) in [5, 5.41) is 0. The predicted molar refractivity (Wildman–Crippen MR) is 90.3 cm³/mol. The molecule has 0 aliphatic carbocycles. The first-order valence-electron chi connectivity index (χ1n) is 6.26. The van der Waals surface area contributed by atoms with Crippen LogP contribution in [0.4, 0.5) is 0 Å². The highest BCUT2D eigenvalue weighted by molar-refractivity contribution is 14.1. The number of methoxy groups -OCH3 is 1. The molecule has 0 aliphatic rings. The number of carbonyl (C=O) groups excluding carboxylic acids is 2. The van der Waals surface area contributed by atoms with Gasteiger partial charge in [-0.2, -0.15) is 0 Å². The molecule has 0 heterocycles. The van der Waals surface area contributed by atoms with Crippen LogP contribution in [0, 0.1) is 3.57 Å². The molecule has 0 aromatic heterocycles. The van der Waals surface area contributed by atoms with Gasteiger partial charge < -0.3 is 4.74 Å². The van der Waals surface area contributed by atoms with Crippen molar-refractivity contribution in [3.8, 4) is 0 Å². The second-order valence-corrected chi connectivity index (χ2v) is 5.56. The highest BCUT2D eigenvalue weighted by Crippen LogP contribution is 2.10. The fraction of sp³-hybridized carbons (Fsp3) is 0.0588. The number of rotatable bonds is 4. The minimum Gasteiger partial charge on any atom is -0.465 e. The van der Waals surface area contributed by atoms with Crippen molar-refractivity contribution in [2.75, 3.05) is 7.11 Å². The van der Waals surface area contributed by atoms with Gasteiger partial charge >= 0.3 is 5.97 Å². The number of benzene rings is 2. The maximum absolute atomic E-state index is 12.0. The number of ether oxygens (including phenoxy) is 1. The molecule has 2 aromatic carbocycles. The molecule has 0 atom stereocenters. The maximum Gasteiger partial charge on any atom is 0.337 e. The summed E-state index contributed by atoms with van der Waals surface area (Å²) in [5.41, 5.74) is 1.98. The number of hydrogen-bond donors (Lipinski definition) is 0. The van der Waals surface area contributed by atoms with E-state index in [0.717, 1.165) is 9.13 Å². The molecule has 0 radical (unpaired) electrons. The standard InChI is InChI=1S/C17H13IO3/c1-21-17(20)14-5-2-12(3-6-14)4-11-16(19)13-7-9-15(18)10-8-13/h2-11H,1H3/b11-4+. The van der Waals surface area contributed by atoms with Crippen molar-refractivity contribution in [3.05, 3.63) is 74.9 Å². The summed E-state index contributed by atoms with van der Waals surface area (Å²) in [6.45, 7) is 0. The average molecular weight is 392 g/mol. The largest absolute Gasteiger partial charge is 0.465 e. The van der Waals surface area contributed by atoms with Crippen LogP contribution < -0.4 is 0 Å². The third-order valence-corrected chi connectivity index (χ3v) is 3.61. The molecular weight excluding hydrogens is 379 g/mol. The van der Waals surface area contributed by atoms with Gasteiger partial charge in [-0.25, -0.2) is 4.79 Å². The molecule has 0 saturated heterocycles. The van der Waals surface area contributed by atoms with Crippen LogP contribution >= 0.6 is 22.6 Å². The van der Waals surface area contributed by atoms with E-state index in [9.17, 15) is 9.59 Å². The summed E-state index contributed by atoms with van der Waals surface area (Å²) in [6.07, 6.45) is 3.25. The van der Waals surface area contributed by atoms with Crippen LogP contribution in [-0.2, 0) is 4.74 Å². The van der Waals surface area contributed by atoms with Gasteiger partial charge in [-0.3, -0.25) is 4.79 Å². The van der Waals surface area contributed by atoms with Gasteiger partial charge in [0.25, 0.3) is 0 Å². The Morgan fingerprint density at radius 3 is 2.10 bits per heavy atom. The lowest BCUT2D eigenvalue weighted by Gasteiger charge is -1.99. The molecule has 0 bridgehead atoms. The molecule has 0 N–H and O–H groups in total. The van der Waals surface area contributed by atoms with Gasteiger partial charge in [0.1, 0.15) is 0 Å². The first-order valence-corrected chi connectivity index (χ1v) is 7.34.